The second kappa shape index (κ2) is 13.3. The molecule has 1 aliphatic heterocycles. The van der Waals surface area contributed by atoms with Crippen molar-refractivity contribution in [2.75, 3.05) is 32.1 Å². The molecular weight excluding hydrogens is 541 g/mol. The highest BCUT2D eigenvalue weighted by molar-refractivity contribution is 6.11. The molecule has 1 amide bonds. The van der Waals surface area contributed by atoms with Gasteiger partial charge in [0.15, 0.2) is 11.6 Å². The van der Waals surface area contributed by atoms with E-state index in [9.17, 15) is 29.0 Å². The summed E-state index contributed by atoms with van der Waals surface area (Å²) >= 11 is 0. The van der Waals surface area contributed by atoms with E-state index < -0.39 is 41.0 Å². The van der Waals surface area contributed by atoms with Gasteiger partial charge in [0.2, 0.25) is 0 Å². The first-order valence-corrected chi connectivity index (χ1v) is 12.5. The first kappa shape index (κ1) is 30.4. The SMILES string of the molecule is CN(C)c1ccc(O)c(C(=O)c2ccc(C(=O)O[C@@H]3CCCNC[C@H]3NC(=O)c3ccc(O)cc3)cc2)c1F.Cl. The van der Waals surface area contributed by atoms with Crippen molar-refractivity contribution in [3.8, 4) is 11.5 Å². The van der Waals surface area contributed by atoms with Crippen LogP contribution in [-0.2, 0) is 4.74 Å². The average Bonchev–Trinajstić information content (AvgIpc) is 3.13. The Hall–Kier alpha value is -4.15. The van der Waals surface area contributed by atoms with E-state index in [-0.39, 0.29) is 40.9 Å². The highest BCUT2D eigenvalue weighted by Gasteiger charge is 2.29. The molecule has 1 saturated heterocycles. The number of halogens is 2. The van der Waals surface area contributed by atoms with Crippen LogP contribution in [0.2, 0.25) is 0 Å². The molecule has 0 saturated carbocycles. The minimum atomic E-state index is -0.837. The highest BCUT2D eigenvalue weighted by atomic mass is 35.5. The summed E-state index contributed by atoms with van der Waals surface area (Å²) in [7, 11) is 3.25. The zero-order valence-electron chi connectivity index (χ0n) is 22.0. The topological polar surface area (TPSA) is 128 Å². The van der Waals surface area contributed by atoms with Gasteiger partial charge in [0, 0.05) is 31.8 Å². The number of esters is 1. The zero-order valence-corrected chi connectivity index (χ0v) is 22.8. The summed E-state index contributed by atoms with van der Waals surface area (Å²) in [6, 6.07) is 13.5. The summed E-state index contributed by atoms with van der Waals surface area (Å²) in [6.45, 7) is 1.10. The Morgan fingerprint density at radius 3 is 2.23 bits per heavy atom. The molecule has 0 unspecified atom stereocenters. The van der Waals surface area contributed by atoms with E-state index in [4.69, 9.17) is 4.74 Å². The van der Waals surface area contributed by atoms with E-state index in [2.05, 4.69) is 10.6 Å². The van der Waals surface area contributed by atoms with Crippen molar-refractivity contribution >= 4 is 35.8 Å². The van der Waals surface area contributed by atoms with Crippen molar-refractivity contribution < 1.29 is 33.7 Å². The third-order valence-corrected chi connectivity index (χ3v) is 6.55. The monoisotopic (exact) mass is 571 g/mol. The molecule has 4 rings (SSSR count). The van der Waals surface area contributed by atoms with Crippen LogP contribution < -0.4 is 15.5 Å². The number of phenols is 2. The van der Waals surface area contributed by atoms with Crippen LogP contribution in [0.1, 0.15) is 49.5 Å². The number of amides is 1. The van der Waals surface area contributed by atoms with Crippen LogP contribution in [0.15, 0.2) is 60.7 Å². The number of carbonyl (C=O) groups is 3. The maximum atomic E-state index is 14.9. The lowest BCUT2D eigenvalue weighted by Gasteiger charge is -2.26. The molecule has 11 heteroatoms. The number of benzene rings is 3. The smallest absolute Gasteiger partial charge is 0.338 e. The molecule has 1 fully saturated rings. The minimum Gasteiger partial charge on any atom is -0.508 e. The number of ether oxygens (including phenoxy) is 1. The molecule has 0 bridgehead atoms. The molecule has 40 heavy (non-hydrogen) atoms. The molecule has 9 nitrogen and oxygen atoms in total. The maximum absolute atomic E-state index is 14.9. The Morgan fingerprint density at radius 2 is 1.57 bits per heavy atom. The minimum absolute atomic E-state index is 0. The van der Waals surface area contributed by atoms with Crippen LogP contribution in [0.5, 0.6) is 11.5 Å². The van der Waals surface area contributed by atoms with Crippen molar-refractivity contribution in [2.24, 2.45) is 0 Å². The second-order valence-corrected chi connectivity index (χ2v) is 9.51. The van der Waals surface area contributed by atoms with Gasteiger partial charge in [0.1, 0.15) is 23.2 Å². The molecule has 212 valence electrons. The number of ketones is 1. The molecule has 0 aliphatic carbocycles. The van der Waals surface area contributed by atoms with Gasteiger partial charge in [-0.3, -0.25) is 9.59 Å². The molecule has 2 atom stereocenters. The van der Waals surface area contributed by atoms with Crippen molar-refractivity contribution in [2.45, 2.75) is 25.0 Å². The van der Waals surface area contributed by atoms with E-state index >= 15 is 0 Å². The van der Waals surface area contributed by atoms with E-state index in [0.29, 0.717) is 25.1 Å². The third kappa shape index (κ3) is 6.88. The number of hydrogen-bond acceptors (Lipinski definition) is 8. The van der Waals surface area contributed by atoms with Gasteiger partial charge < -0.3 is 30.5 Å². The molecule has 1 heterocycles. The van der Waals surface area contributed by atoms with Crippen LogP contribution in [0.3, 0.4) is 0 Å². The fourth-order valence-electron chi connectivity index (χ4n) is 4.39. The largest absolute Gasteiger partial charge is 0.508 e. The van der Waals surface area contributed by atoms with Gasteiger partial charge in [-0.15, -0.1) is 12.4 Å². The Morgan fingerprint density at radius 1 is 0.950 bits per heavy atom. The number of nitrogens with zero attached hydrogens (tertiary/aromatic N) is 1. The summed E-state index contributed by atoms with van der Waals surface area (Å²) in [4.78, 5) is 40.2. The lowest BCUT2D eigenvalue weighted by molar-refractivity contribution is 0.0192. The van der Waals surface area contributed by atoms with Gasteiger partial charge in [-0.05, 0) is 67.9 Å². The van der Waals surface area contributed by atoms with Gasteiger partial charge in [-0.25, -0.2) is 9.18 Å². The first-order chi connectivity index (χ1) is 18.7. The lowest BCUT2D eigenvalue weighted by Crippen LogP contribution is -2.49. The maximum Gasteiger partial charge on any atom is 0.338 e. The first-order valence-electron chi connectivity index (χ1n) is 12.5. The zero-order chi connectivity index (χ0) is 28.1. The van der Waals surface area contributed by atoms with Crippen molar-refractivity contribution in [3.63, 3.8) is 0 Å². The van der Waals surface area contributed by atoms with Gasteiger partial charge in [0.05, 0.1) is 17.3 Å². The normalized spacial score (nSPS) is 16.7. The van der Waals surface area contributed by atoms with Gasteiger partial charge >= 0.3 is 5.97 Å². The van der Waals surface area contributed by atoms with Crippen LogP contribution in [-0.4, -0.2) is 67.2 Å². The van der Waals surface area contributed by atoms with E-state index in [0.717, 1.165) is 6.42 Å². The number of nitrogens with one attached hydrogen (secondary N) is 2. The Bertz CT molecular complexity index is 1370. The predicted molar refractivity (Wildman–Crippen MR) is 150 cm³/mol. The number of hydrogen-bond donors (Lipinski definition) is 4. The van der Waals surface area contributed by atoms with Crippen LogP contribution in [0.4, 0.5) is 10.1 Å². The van der Waals surface area contributed by atoms with Gasteiger partial charge in [0.25, 0.3) is 5.91 Å². The lowest BCUT2D eigenvalue weighted by atomic mass is 9.99. The fraction of sp³-hybridized carbons (Fsp3) is 0.276. The molecule has 1 aliphatic rings. The number of phenolic OH excluding ortho intramolecular Hbond substituents is 2. The summed E-state index contributed by atoms with van der Waals surface area (Å²) in [6.07, 6.45) is 0.656. The fourth-order valence-corrected chi connectivity index (χ4v) is 4.39. The van der Waals surface area contributed by atoms with E-state index in [1.165, 1.54) is 65.6 Å². The van der Waals surface area contributed by atoms with Gasteiger partial charge in [-0.2, -0.15) is 0 Å². The van der Waals surface area contributed by atoms with E-state index in [1.807, 2.05) is 0 Å². The molecule has 3 aromatic rings. The predicted octanol–water partition coefficient (Wildman–Crippen LogP) is 3.66. The molecule has 0 radical (unpaired) electrons. The summed E-state index contributed by atoms with van der Waals surface area (Å²) in [5, 5.41) is 25.7. The molecule has 4 N–H and O–H groups in total. The number of anilines is 1. The molecular formula is C29H31ClFN3O6. The molecule has 0 aromatic heterocycles. The second-order valence-electron chi connectivity index (χ2n) is 9.51. The summed E-state index contributed by atoms with van der Waals surface area (Å²) in [5.41, 5.74) is 0.338. The Kier molecular flexibility index (Phi) is 10.1. The summed E-state index contributed by atoms with van der Waals surface area (Å²) < 4.78 is 20.7. The van der Waals surface area contributed by atoms with Crippen molar-refractivity contribution in [1.82, 2.24) is 10.6 Å². The standard InChI is InChI=1S/C29H30FN3O6.ClH/c1-33(2)22-13-14-23(35)25(26(22)30)27(36)17-5-7-19(8-6-17)29(38)39-24-4-3-15-31-16-21(24)32-28(37)18-9-11-20(34)12-10-18;/h5-14,21,24,31,34-35H,3-4,15-16H2,1-2H3,(H,32,37);1H/t21-,24-;/m1./s1. The molecule has 3 aromatic carbocycles. The number of rotatable bonds is 7. The van der Waals surface area contributed by atoms with Crippen LogP contribution in [0.25, 0.3) is 0 Å². The highest BCUT2D eigenvalue weighted by Crippen LogP contribution is 2.30. The van der Waals surface area contributed by atoms with Crippen LogP contribution >= 0.6 is 12.4 Å². The Labute approximate surface area is 237 Å². The molecule has 0 spiro atoms. The summed E-state index contributed by atoms with van der Waals surface area (Å²) in [5.74, 6) is -2.98. The van der Waals surface area contributed by atoms with Gasteiger partial charge in [-0.1, -0.05) is 12.1 Å². The number of aromatic hydroxyl groups is 2. The number of carbonyl (C=O) groups excluding carboxylic acids is 3. The van der Waals surface area contributed by atoms with E-state index in [1.54, 1.807) is 14.1 Å². The van der Waals surface area contributed by atoms with Crippen molar-refractivity contribution in [1.29, 1.82) is 0 Å². The average molecular weight is 572 g/mol. The Balaban J connectivity index is 0.00000441. The van der Waals surface area contributed by atoms with Crippen LogP contribution in [0, 0.1) is 5.82 Å². The third-order valence-electron chi connectivity index (χ3n) is 6.55. The van der Waals surface area contributed by atoms with Crippen molar-refractivity contribution in [3.05, 3.63) is 88.7 Å². The quantitative estimate of drug-likeness (QED) is 0.250.